The first-order chi connectivity index (χ1) is 12.1. The van der Waals surface area contributed by atoms with Gasteiger partial charge in [0.05, 0.1) is 18.1 Å². The summed E-state index contributed by atoms with van der Waals surface area (Å²) >= 11 is 5.99. The molecule has 0 spiro atoms. The molecule has 1 fully saturated rings. The van der Waals surface area contributed by atoms with Crippen molar-refractivity contribution in [1.29, 1.82) is 0 Å². The molecule has 1 saturated heterocycles. The van der Waals surface area contributed by atoms with Crippen LogP contribution in [-0.2, 0) is 9.59 Å². The SMILES string of the molecule is O=C(CCOc1ccccc1Cl)Nc1ccc(N2CCCC2=O)cc1. The summed E-state index contributed by atoms with van der Waals surface area (Å²) in [4.78, 5) is 25.5. The topological polar surface area (TPSA) is 58.6 Å². The lowest BCUT2D eigenvalue weighted by atomic mass is 10.2. The summed E-state index contributed by atoms with van der Waals surface area (Å²) < 4.78 is 5.51. The zero-order valence-corrected chi connectivity index (χ0v) is 14.5. The molecule has 6 heteroatoms. The first-order valence-corrected chi connectivity index (χ1v) is 8.59. The average Bonchev–Trinajstić information content (AvgIpc) is 3.03. The fraction of sp³-hybridized carbons (Fsp3) is 0.263. The van der Waals surface area contributed by atoms with E-state index in [-0.39, 0.29) is 24.8 Å². The molecular weight excluding hydrogens is 340 g/mol. The quantitative estimate of drug-likeness (QED) is 0.852. The number of anilines is 2. The molecule has 0 unspecified atom stereocenters. The number of halogens is 1. The number of carbonyl (C=O) groups is 2. The first kappa shape index (κ1) is 17.3. The number of carbonyl (C=O) groups excluding carboxylic acids is 2. The van der Waals surface area contributed by atoms with Gasteiger partial charge >= 0.3 is 0 Å². The van der Waals surface area contributed by atoms with Crippen LogP contribution in [0.1, 0.15) is 19.3 Å². The van der Waals surface area contributed by atoms with Crippen LogP contribution in [0.2, 0.25) is 5.02 Å². The van der Waals surface area contributed by atoms with Crippen LogP contribution in [0.5, 0.6) is 5.75 Å². The largest absolute Gasteiger partial charge is 0.491 e. The van der Waals surface area contributed by atoms with Crippen molar-refractivity contribution in [3.63, 3.8) is 0 Å². The maximum absolute atomic E-state index is 12.0. The fourth-order valence-corrected chi connectivity index (χ4v) is 2.88. The summed E-state index contributed by atoms with van der Waals surface area (Å²) in [6.07, 6.45) is 1.71. The third-order valence-electron chi connectivity index (χ3n) is 3.96. The van der Waals surface area contributed by atoms with Gasteiger partial charge in [0.25, 0.3) is 0 Å². The normalized spacial score (nSPS) is 13.8. The summed E-state index contributed by atoms with van der Waals surface area (Å²) in [7, 11) is 0. The molecule has 25 heavy (non-hydrogen) atoms. The van der Waals surface area contributed by atoms with Gasteiger partial charge in [-0.3, -0.25) is 9.59 Å². The highest BCUT2D eigenvalue weighted by atomic mass is 35.5. The Morgan fingerprint density at radius 2 is 1.92 bits per heavy atom. The van der Waals surface area contributed by atoms with Gasteiger partial charge in [0.15, 0.2) is 0 Å². The Labute approximate surface area is 151 Å². The highest BCUT2D eigenvalue weighted by Crippen LogP contribution is 2.24. The molecule has 1 aliphatic rings. The Hall–Kier alpha value is -2.53. The van der Waals surface area contributed by atoms with Gasteiger partial charge in [0, 0.05) is 24.3 Å². The van der Waals surface area contributed by atoms with E-state index in [0.29, 0.717) is 22.9 Å². The van der Waals surface area contributed by atoms with Crippen LogP contribution < -0.4 is 15.0 Å². The third-order valence-corrected chi connectivity index (χ3v) is 4.27. The van der Waals surface area contributed by atoms with Gasteiger partial charge in [-0.25, -0.2) is 0 Å². The van der Waals surface area contributed by atoms with E-state index in [1.165, 1.54) is 0 Å². The highest BCUT2D eigenvalue weighted by Gasteiger charge is 2.21. The highest BCUT2D eigenvalue weighted by molar-refractivity contribution is 6.32. The van der Waals surface area contributed by atoms with Crippen molar-refractivity contribution in [3.8, 4) is 5.75 Å². The second-order valence-electron chi connectivity index (χ2n) is 5.77. The van der Waals surface area contributed by atoms with Gasteiger partial charge in [-0.2, -0.15) is 0 Å². The van der Waals surface area contributed by atoms with Crippen molar-refractivity contribution in [2.75, 3.05) is 23.4 Å². The molecule has 0 radical (unpaired) electrons. The van der Waals surface area contributed by atoms with Crippen LogP contribution in [-0.4, -0.2) is 25.0 Å². The lowest BCUT2D eigenvalue weighted by Gasteiger charge is -2.16. The molecule has 5 nitrogen and oxygen atoms in total. The Bertz CT molecular complexity index is 762. The van der Waals surface area contributed by atoms with E-state index in [1.807, 2.05) is 24.3 Å². The summed E-state index contributed by atoms with van der Waals surface area (Å²) in [6, 6.07) is 14.4. The maximum atomic E-state index is 12.0. The second-order valence-corrected chi connectivity index (χ2v) is 6.18. The number of benzene rings is 2. The van der Waals surface area contributed by atoms with Gasteiger partial charge in [-0.1, -0.05) is 23.7 Å². The minimum atomic E-state index is -0.142. The van der Waals surface area contributed by atoms with Gasteiger partial charge in [-0.05, 0) is 42.8 Å². The van der Waals surface area contributed by atoms with E-state index in [9.17, 15) is 9.59 Å². The summed E-state index contributed by atoms with van der Waals surface area (Å²) in [5.41, 5.74) is 1.56. The smallest absolute Gasteiger partial charge is 0.227 e. The predicted molar refractivity (Wildman–Crippen MR) is 98.2 cm³/mol. The number of nitrogens with one attached hydrogen (secondary N) is 1. The zero-order valence-electron chi connectivity index (χ0n) is 13.7. The molecule has 0 aromatic heterocycles. The lowest BCUT2D eigenvalue weighted by Crippen LogP contribution is -2.23. The molecular formula is C19H19ClN2O3. The molecule has 1 heterocycles. The molecule has 3 rings (SSSR count). The summed E-state index contributed by atoms with van der Waals surface area (Å²) in [5, 5.41) is 3.34. The molecule has 1 N–H and O–H groups in total. The van der Waals surface area contributed by atoms with Crippen LogP contribution in [0.3, 0.4) is 0 Å². The maximum Gasteiger partial charge on any atom is 0.227 e. The standard InChI is InChI=1S/C19H19ClN2O3/c20-16-4-1-2-5-17(16)25-13-11-18(23)21-14-7-9-15(10-8-14)22-12-3-6-19(22)24/h1-2,4-5,7-10H,3,6,11-13H2,(H,21,23). The van der Waals surface area contributed by atoms with Crippen LogP contribution in [0, 0.1) is 0 Å². The first-order valence-electron chi connectivity index (χ1n) is 8.21. The molecule has 1 aliphatic heterocycles. The fourth-order valence-electron chi connectivity index (χ4n) is 2.68. The van der Waals surface area contributed by atoms with E-state index >= 15 is 0 Å². The number of amides is 2. The minimum Gasteiger partial charge on any atom is -0.491 e. The van der Waals surface area contributed by atoms with Crippen molar-refractivity contribution < 1.29 is 14.3 Å². The Kier molecular flexibility index (Phi) is 5.56. The van der Waals surface area contributed by atoms with Crippen molar-refractivity contribution in [1.82, 2.24) is 0 Å². The van der Waals surface area contributed by atoms with Gasteiger partial charge in [0.1, 0.15) is 5.75 Å². The molecule has 2 aromatic carbocycles. The lowest BCUT2D eigenvalue weighted by molar-refractivity contribution is -0.117. The van der Waals surface area contributed by atoms with Crippen LogP contribution in [0.4, 0.5) is 11.4 Å². The molecule has 130 valence electrons. The molecule has 0 aliphatic carbocycles. The van der Waals surface area contributed by atoms with Gasteiger partial charge < -0.3 is 15.0 Å². The molecule has 2 amide bonds. The van der Waals surface area contributed by atoms with Gasteiger partial charge in [0.2, 0.25) is 11.8 Å². The van der Waals surface area contributed by atoms with Crippen LogP contribution >= 0.6 is 11.6 Å². The second kappa shape index (κ2) is 8.03. The molecule has 0 bridgehead atoms. The van der Waals surface area contributed by atoms with E-state index in [0.717, 1.165) is 18.7 Å². The van der Waals surface area contributed by atoms with Crippen molar-refractivity contribution in [3.05, 3.63) is 53.6 Å². The Balaban J connectivity index is 1.48. The summed E-state index contributed by atoms with van der Waals surface area (Å²) in [5.74, 6) is 0.571. The van der Waals surface area contributed by atoms with Crippen LogP contribution in [0.15, 0.2) is 48.5 Å². The number of ether oxygens (including phenoxy) is 1. The minimum absolute atomic E-state index is 0.142. The monoisotopic (exact) mass is 358 g/mol. The number of hydrogen-bond acceptors (Lipinski definition) is 3. The molecule has 0 saturated carbocycles. The summed E-state index contributed by atoms with van der Waals surface area (Å²) in [6.45, 7) is 1.000. The Morgan fingerprint density at radius 1 is 1.16 bits per heavy atom. The van der Waals surface area contributed by atoms with E-state index in [1.54, 1.807) is 29.2 Å². The van der Waals surface area contributed by atoms with E-state index in [4.69, 9.17) is 16.3 Å². The third kappa shape index (κ3) is 4.51. The number of hydrogen-bond donors (Lipinski definition) is 1. The van der Waals surface area contributed by atoms with Gasteiger partial charge in [-0.15, -0.1) is 0 Å². The molecule has 0 atom stereocenters. The zero-order chi connectivity index (χ0) is 17.6. The average molecular weight is 359 g/mol. The number of rotatable bonds is 6. The van der Waals surface area contributed by atoms with E-state index < -0.39 is 0 Å². The van der Waals surface area contributed by atoms with Crippen molar-refractivity contribution >= 4 is 34.8 Å². The van der Waals surface area contributed by atoms with Crippen molar-refractivity contribution in [2.45, 2.75) is 19.3 Å². The number of para-hydroxylation sites is 1. The van der Waals surface area contributed by atoms with E-state index in [2.05, 4.69) is 5.32 Å². The Morgan fingerprint density at radius 3 is 2.60 bits per heavy atom. The van der Waals surface area contributed by atoms with Crippen molar-refractivity contribution in [2.24, 2.45) is 0 Å². The number of nitrogens with zero attached hydrogens (tertiary/aromatic N) is 1. The molecule has 2 aromatic rings. The van der Waals surface area contributed by atoms with Crippen LogP contribution in [0.25, 0.3) is 0 Å². The predicted octanol–water partition coefficient (Wildman–Crippen LogP) is 3.87.